The van der Waals surface area contributed by atoms with E-state index in [1.165, 1.54) is 62.0 Å². The van der Waals surface area contributed by atoms with Crippen molar-refractivity contribution in [2.45, 2.75) is 89.4 Å². The van der Waals surface area contributed by atoms with Crippen LogP contribution in [0.4, 0.5) is 18.0 Å². The second-order valence-corrected chi connectivity index (χ2v) is 13.3. The van der Waals surface area contributed by atoms with E-state index in [-0.39, 0.29) is 17.7 Å². The van der Waals surface area contributed by atoms with Crippen molar-refractivity contribution in [1.29, 1.82) is 0 Å². The molecule has 0 bridgehead atoms. The zero-order valence-electron chi connectivity index (χ0n) is 23.9. The molecule has 2 aliphatic heterocycles. The Bertz CT molecular complexity index is 1170. The molecule has 0 radical (unpaired) electrons. The van der Waals surface area contributed by atoms with Crippen molar-refractivity contribution < 1.29 is 22.8 Å². The first-order chi connectivity index (χ1) is 19.7. The van der Waals surface area contributed by atoms with Gasteiger partial charge in [0.05, 0.1) is 10.4 Å². The van der Waals surface area contributed by atoms with Gasteiger partial charge in [0.2, 0.25) is 0 Å². The van der Waals surface area contributed by atoms with Gasteiger partial charge in [-0.1, -0.05) is 44.7 Å². The molecule has 9 heteroatoms. The number of carbonyl (C=O) groups is 2. The summed E-state index contributed by atoms with van der Waals surface area (Å²) in [5.74, 6) is 0.333. The van der Waals surface area contributed by atoms with E-state index in [4.69, 9.17) is 0 Å². The molecule has 1 N–H and O–H groups in total. The first-order valence-electron chi connectivity index (χ1n) is 15.3. The predicted octanol–water partition coefficient (Wildman–Crippen LogP) is 7.86. The van der Waals surface area contributed by atoms with Gasteiger partial charge in [-0.25, -0.2) is 4.79 Å². The van der Waals surface area contributed by atoms with Crippen LogP contribution in [0.1, 0.15) is 86.4 Å². The molecule has 2 amide bonds. The summed E-state index contributed by atoms with van der Waals surface area (Å²) in [6.07, 6.45) is 7.12. The van der Waals surface area contributed by atoms with E-state index in [0.29, 0.717) is 28.4 Å². The Balaban J connectivity index is 1.05. The maximum atomic E-state index is 13.2. The van der Waals surface area contributed by atoms with Crippen LogP contribution in [0.3, 0.4) is 0 Å². The number of hydrogen-bond acceptors (Lipinski definition) is 4. The van der Waals surface area contributed by atoms with Gasteiger partial charge in [-0.2, -0.15) is 13.2 Å². The maximum Gasteiger partial charge on any atom is 0.416 e. The zero-order chi connectivity index (χ0) is 29.0. The Morgan fingerprint density at radius 2 is 1.59 bits per heavy atom. The molecule has 0 spiro atoms. The third-order valence-corrected chi connectivity index (χ3v) is 10.3. The van der Waals surface area contributed by atoms with Crippen molar-refractivity contribution in [2.24, 2.45) is 11.8 Å². The lowest BCUT2D eigenvalue weighted by molar-refractivity contribution is -0.137. The summed E-state index contributed by atoms with van der Waals surface area (Å²) < 4.78 is 38.6. The number of carbonyl (C=O) groups excluding carboxylic acids is 2. The molecule has 1 saturated carbocycles. The van der Waals surface area contributed by atoms with Gasteiger partial charge in [0.1, 0.15) is 0 Å². The number of nitrogens with zero attached hydrogens (tertiary/aromatic N) is 2. The minimum absolute atomic E-state index is 0.0726. The Morgan fingerprint density at radius 1 is 0.902 bits per heavy atom. The smallest absolute Gasteiger partial charge is 0.324 e. The second-order valence-electron chi connectivity index (χ2n) is 12.3. The summed E-state index contributed by atoms with van der Waals surface area (Å²) in [7, 11) is 0. The quantitative estimate of drug-likeness (QED) is 0.252. The van der Waals surface area contributed by atoms with E-state index in [0.717, 1.165) is 68.9 Å². The van der Waals surface area contributed by atoms with E-state index in [1.54, 1.807) is 6.07 Å². The normalized spacial score (nSPS) is 23.1. The van der Waals surface area contributed by atoms with Crippen molar-refractivity contribution in [3.63, 3.8) is 0 Å². The van der Waals surface area contributed by atoms with E-state index >= 15 is 0 Å². The molecule has 1 aromatic heterocycles. The van der Waals surface area contributed by atoms with Crippen LogP contribution < -0.4 is 5.32 Å². The van der Waals surface area contributed by atoms with Crippen molar-refractivity contribution in [2.75, 3.05) is 26.2 Å². The number of Topliss-reactive ketones (excluding diaryl/α,β-unsaturated/α-hetero) is 1. The molecular formula is C32H42F3N3O2S. The van der Waals surface area contributed by atoms with E-state index in [9.17, 15) is 22.8 Å². The van der Waals surface area contributed by atoms with Crippen LogP contribution in [-0.4, -0.2) is 59.9 Å². The minimum atomic E-state index is -4.36. The molecular weight excluding hydrogens is 547 g/mol. The van der Waals surface area contributed by atoms with Crippen LogP contribution in [0.5, 0.6) is 0 Å². The van der Waals surface area contributed by atoms with Crippen LogP contribution in [0.2, 0.25) is 0 Å². The van der Waals surface area contributed by atoms with Crippen LogP contribution in [-0.2, 0) is 6.18 Å². The van der Waals surface area contributed by atoms with Gasteiger partial charge < -0.3 is 15.1 Å². The van der Waals surface area contributed by atoms with E-state index < -0.39 is 11.7 Å². The number of halogens is 3. The number of amides is 2. The SMILES string of the molecule is CC(CCC1CCN(C(=O)N2CC[C@@H](NC3CCCCCC3)C2)C1)C(=O)c1ccc(-c2ccc(C(F)(F)F)cc2)s1. The van der Waals surface area contributed by atoms with Crippen LogP contribution in [0, 0.1) is 11.8 Å². The summed E-state index contributed by atoms with van der Waals surface area (Å²) in [5, 5.41) is 3.83. The Hall–Kier alpha value is -2.39. The number of rotatable bonds is 8. The second kappa shape index (κ2) is 13.3. The summed E-state index contributed by atoms with van der Waals surface area (Å²) >= 11 is 1.33. The lowest BCUT2D eigenvalue weighted by Crippen LogP contribution is -2.44. The molecule has 5 rings (SSSR count). The Morgan fingerprint density at radius 3 is 2.29 bits per heavy atom. The zero-order valence-corrected chi connectivity index (χ0v) is 24.7. The van der Waals surface area contributed by atoms with Gasteiger partial charge in [0.15, 0.2) is 5.78 Å². The molecule has 2 saturated heterocycles. The fourth-order valence-corrected chi connectivity index (χ4v) is 7.66. The highest BCUT2D eigenvalue weighted by molar-refractivity contribution is 7.17. The number of likely N-dealkylation sites (tertiary alicyclic amines) is 2. The van der Waals surface area contributed by atoms with Crippen molar-refractivity contribution in [3.8, 4) is 10.4 Å². The summed E-state index contributed by atoms with van der Waals surface area (Å²) in [6, 6.07) is 9.82. The van der Waals surface area contributed by atoms with Gasteiger partial charge in [-0.3, -0.25) is 4.79 Å². The average molecular weight is 590 g/mol. The first kappa shape index (κ1) is 30.1. The number of hydrogen-bond donors (Lipinski definition) is 1. The number of nitrogens with one attached hydrogen (secondary N) is 1. The monoisotopic (exact) mass is 589 g/mol. The van der Waals surface area contributed by atoms with Crippen LogP contribution in [0.15, 0.2) is 36.4 Å². The average Bonchev–Trinajstić information content (AvgIpc) is 3.70. The number of urea groups is 1. The van der Waals surface area contributed by atoms with Gasteiger partial charge in [-0.15, -0.1) is 11.3 Å². The first-order valence-corrected chi connectivity index (χ1v) is 16.1. The Kier molecular flexibility index (Phi) is 9.74. The molecule has 3 fully saturated rings. The maximum absolute atomic E-state index is 13.2. The molecule has 5 nitrogen and oxygen atoms in total. The topological polar surface area (TPSA) is 52.7 Å². The van der Waals surface area contributed by atoms with Crippen LogP contribution >= 0.6 is 11.3 Å². The number of alkyl halides is 3. The summed E-state index contributed by atoms with van der Waals surface area (Å²) in [5.41, 5.74) is -0.00324. The van der Waals surface area contributed by atoms with Crippen molar-refractivity contribution in [1.82, 2.24) is 15.1 Å². The summed E-state index contributed by atoms with van der Waals surface area (Å²) in [6.45, 7) is 5.12. The molecule has 224 valence electrons. The number of benzene rings is 1. The third kappa shape index (κ3) is 7.72. The van der Waals surface area contributed by atoms with Crippen molar-refractivity contribution in [3.05, 3.63) is 46.8 Å². The largest absolute Gasteiger partial charge is 0.416 e. The van der Waals surface area contributed by atoms with Gasteiger partial charge in [0.25, 0.3) is 0 Å². The van der Waals surface area contributed by atoms with Crippen molar-refractivity contribution >= 4 is 23.2 Å². The number of thiophene rings is 1. The fourth-order valence-electron chi connectivity index (χ4n) is 6.60. The number of ketones is 1. The molecule has 1 aliphatic carbocycles. The predicted molar refractivity (Wildman–Crippen MR) is 157 cm³/mol. The third-order valence-electron chi connectivity index (χ3n) is 9.14. The molecule has 2 aromatic rings. The molecule has 41 heavy (non-hydrogen) atoms. The highest BCUT2D eigenvalue weighted by Crippen LogP contribution is 2.34. The lowest BCUT2D eigenvalue weighted by Gasteiger charge is -2.26. The molecule has 3 heterocycles. The standard InChI is InChI=1S/C32H42F3N3O2S/c1-22(30(39)29-15-14-28(41-29)24-10-12-25(13-11-24)32(33,34)35)8-9-23-16-18-37(20-23)31(40)38-19-17-27(21-38)36-26-6-4-2-3-5-7-26/h10-15,22-23,26-27,36H,2-9,16-21H2,1H3/t22?,23?,27-/m1/s1. The molecule has 2 unspecified atom stereocenters. The van der Waals surface area contributed by atoms with Gasteiger partial charge in [0, 0.05) is 49.1 Å². The highest BCUT2D eigenvalue weighted by Gasteiger charge is 2.34. The van der Waals surface area contributed by atoms with Gasteiger partial charge >= 0.3 is 12.2 Å². The van der Waals surface area contributed by atoms with E-state index in [2.05, 4.69) is 5.32 Å². The summed E-state index contributed by atoms with van der Waals surface area (Å²) in [4.78, 5) is 31.8. The Labute approximate surface area is 245 Å². The fraction of sp³-hybridized carbons (Fsp3) is 0.625. The van der Waals surface area contributed by atoms with E-state index in [1.807, 2.05) is 22.8 Å². The lowest BCUT2D eigenvalue weighted by atomic mass is 9.93. The highest BCUT2D eigenvalue weighted by atomic mass is 32.1. The molecule has 3 aliphatic rings. The van der Waals surface area contributed by atoms with Crippen LogP contribution in [0.25, 0.3) is 10.4 Å². The van der Waals surface area contributed by atoms with Gasteiger partial charge in [-0.05, 0) is 74.3 Å². The molecule has 1 aromatic carbocycles. The molecule has 3 atom stereocenters. The minimum Gasteiger partial charge on any atom is -0.324 e.